The first-order chi connectivity index (χ1) is 11.2. The van der Waals surface area contributed by atoms with Crippen LogP contribution in [0.3, 0.4) is 0 Å². The van der Waals surface area contributed by atoms with E-state index < -0.39 is 0 Å². The highest BCUT2D eigenvalue weighted by molar-refractivity contribution is 5.29. The van der Waals surface area contributed by atoms with E-state index in [0.29, 0.717) is 6.04 Å². The van der Waals surface area contributed by atoms with Crippen molar-refractivity contribution in [2.45, 2.75) is 52.2 Å². The van der Waals surface area contributed by atoms with Gasteiger partial charge in [0.05, 0.1) is 6.10 Å². The van der Waals surface area contributed by atoms with Gasteiger partial charge in [-0.1, -0.05) is 56.3 Å². The van der Waals surface area contributed by atoms with Gasteiger partial charge < -0.3 is 10.1 Å². The summed E-state index contributed by atoms with van der Waals surface area (Å²) in [4.78, 5) is 0. The molecule has 1 N–H and O–H groups in total. The topological polar surface area (TPSA) is 21.3 Å². The van der Waals surface area contributed by atoms with Crippen molar-refractivity contribution in [3.05, 3.63) is 65.7 Å². The van der Waals surface area contributed by atoms with E-state index in [1.807, 2.05) is 0 Å². The van der Waals surface area contributed by atoms with Crippen LogP contribution in [0.5, 0.6) is 5.75 Å². The number of hydrogen-bond donors (Lipinski definition) is 1. The highest BCUT2D eigenvalue weighted by atomic mass is 16.5. The molecule has 2 heteroatoms. The summed E-state index contributed by atoms with van der Waals surface area (Å²) in [5, 5.41) is 3.66. The molecule has 23 heavy (non-hydrogen) atoms. The van der Waals surface area contributed by atoms with Gasteiger partial charge in [-0.05, 0) is 56.0 Å². The van der Waals surface area contributed by atoms with E-state index in [1.165, 1.54) is 11.1 Å². The van der Waals surface area contributed by atoms with Gasteiger partial charge in [-0.3, -0.25) is 0 Å². The monoisotopic (exact) mass is 311 g/mol. The van der Waals surface area contributed by atoms with E-state index in [0.717, 1.165) is 31.6 Å². The fourth-order valence-corrected chi connectivity index (χ4v) is 2.63. The van der Waals surface area contributed by atoms with Gasteiger partial charge in [0.15, 0.2) is 0 Å². The summed E-state index contributed by atoms with van der Waals surface area (Å²) in [5.41, 5.74) is 2.71. The molecule has 2 atom stereocenters. The molecular formula is C21H29NO. The van der Waals surface area contributed by atoms with Crippen molar-refractivity contribution >= 4 is 0 Å². The lowest BCUT2D eigenvalue weighted by Gasteiger charge is -2.19. The predicted octanol–water partition coefficient (Wildman–Crippen LogP) is 5.15. The number of ether oxygens (including phenoxy) is 1. The van der Waals surface area contributed by atoms with E-state index in [9.17, 15) is 0 Å². The van der Waals surface area contributed by atoms with Crippen LogP contribution in [0.2, 0.25) is 0 Å². The van der Waals surface area contributed by atoms with E-state index in [1.54, 1.807) is 0 Å². The number of benzene rings is 2. The van der Waals surface area contributed by atoms with Gasteiger partial charge >= 0.3 is 0 Å². The van der Waals surface area contributed by atoms with Crippen molar-refractivity contribution in [1.82, 2.24) is 5.32 Å². The van der Waals surface area contributed by atoms with Crippen LogP contribution < -0.4 is 10.1 Å². The zero-order valence-electron chi connectivity index (χ0n) is 14.6. The van der Waals surface area contributed by atoms with Gasteiger partial charge in [-0.2, -0.15) is 0 Å². The minimum absolute atomic E-state index is 0.270. The van der Waals surface area contributed by atoms with Crippen molar-refractivity contribution in [2.24, 2.45) is 0 Å². The second-order valence-corrected chi connectivity index (χ2v) is 6.06. The van der Waals surface area contributed by atoms with Gasteiger partial charge in [-0.15, -0.1) is 0 Å². The lowest BCUT2D eigenvalue weighted by Crippen LogP contribution is -2.23. The molecule has 124 valence electrons. The fourth-order valence-electron chi connectivity index (χ4n) is 2.63. The average Bonchev–Trinajstić information content (AvgIpc) is 2.60. The lowest BCUT2D eigenvalue weighted by molar-refractivity contribution is 0.217. The lowest BCUT2D eigenvalue weighted by atomic mass is 10.0. The maximum atomic E-state index is 5.85. The van der Waals surface area contributed by atoms with Crippen LogP contribution >= 0.6 is 0 Å². The molecule has 0 bridgehead atoms. The smallest absolute Gasteiger partial charge is 0.119 e. The third-order valence-corrected chi connectivity index (χ3v) is 4.25. The van der Waals surface area contributed by atoms with Gasteiger partial charge in [0.2, 0.25) is 0 Å². The Balaban J connectivity index is 1.87. The van der Waals surface area contributed by atoms with E-state index in [2.05, 4.69) is 80.7 Å². The zero-order chi connectivity index (χ0) is 16.5. The number of hydrogen-bond acceptors (Lipinski definition) is 2. The summed E-state index contributed by atoms with van der Waals surface area (Å²) in [5.74, 6) is 0.960. The highest BCUT2D eigenvalue weighted by Gasteiger charge is 2.09. The minimum atomic E-state index is 0.270. The van der Waals surface area contributed by atoms with Crippen molar-refractivity contribution < 1.29 is 4.74 Å². The molecule has 0 spiro atoms. The van der Waals surface area contributed by atoms with Crippen molar-refractivity contribution in [3.63, 3.8) is 0 Å². The first kappa shape index (κ1) is 17.6. The highest BCUT2D eigenvalue weighted by Crippen LogP contribution is 2.21. The Morgan fingerprint density at radius 3 is 2.22 bits per heavy atom. The molecule has 0 saturated carbocycles. The van der Waals surface area contributed by atoms with E-state index >= 15 is 0 Å². The summed E-state index contributed by atoms with van der Waals surface area (Å²) in [7, 11) is 0. The molecule has 0 saturated heterocycles. The SMILES string of the molecule is CCC(C)Oc1ccc(C(CC)NCCc2ccccc2)cc1. The fraction of sp³-hybridized carbons (Fsp3) is 0.429. The molecule has 2 aromatic rings. The number of nitrogens with one attached hydrogen (secondary N) is 1. The molecule has 0 radical (unpaired) electrons. The van der Waals surface area contributed by atoms with Gasteiger partial charge in [-0.25, -0.2) is 0 Å². The van der Waals surface area contributed by atoms with Crippen LogP contribution in [-0.2, 0) is 6.42 Å². The second kappa shape index (κ2) is 9.36. The molecule has 2 aromatic carbocycles. The van der Waals surface area contributed by atoms with Gasteiger partial charge in [0.1, 0.15) is 5.75 Å². The first-order valence-corrected chi connectivity index (χ1v) is 8.76. The Morgan fingerprint density at radius 2 is 1.61 bits per heavy atom. The zero-order valence-corrected chi connectivity index (χ0v) is 14.6. The Kier molecular flexibility index (Phi) is 7.15. The molecule has 2 rings (SSSR count). The Bertz CT molecular complexity index is 550. The maximum Gasteiger partial charge on any atom is 0.119 e. The normalized spacial score (nSPS) is 13.5. The van der Waals surface area contributed by atoms with Crippen molar-refractivity contribution in [3.8, 4) is 5.75 Å². The molecular weight excluding hydrogens is 282 g/mol. The molecule has 2 unspecified atom stereocenters. The van der Waals surface area contributed by atoms with Gasteiger partial charge in [0.25, 0.3) is 0 Å². The molecule has 0 fully saturated rings. The molecule has 0 aliphatic carbocycles. The van der Waals surface area contributed by atoms with Crippen LogP contribution in [-0.4, -0.2) is 12.6 Å². The third kappa shape index (κ3) is 5.72. The van der Waals surface area contributed by atoms with Crippen molar-refractivity contribution in [1.29, 1.82) is 0 Å². The second-order valence-electron chi connectivity index (χ2n) is 6.06. The Morgan fingerprint density at radius 1 is 0.913 bits per heavy atom. The molecule has 2 nitrogen and oxygen atoms in total. The minimum Gasteiger partial charge on any atom is -0.491 e. The van der Waals surface area contributed by atoms with E-state index in [-0.39, 0.29) is 6.10 Å². The maximum absolute atomic E-state index is 5.85. The summed E-state index contributed by atoms with van der Waals surface area (Å²) >= 11 is 0. The molecule has 0 aliphatic heterocycles. The van der Waals surface area contributed by atoms with Crippen LogP contribution in [0.15, 0.2) is 54.6 Å². The standard InChI is InChI=1S/C21H29NO/c1-4-17(3)23-20-13-11-19(12-14-20)21(5-2)22-16-15-18-9-7-6-8-10-18/h6-14,17,21-22H,4-5,15-16H2,1-3H3. The van der Waals surface area contributed by atoms with Crippen LogP contribution in [0.4, 0.5) is 0 Å². The average molecular weight is 311 g/mol. The van der Waals surface area contributed by atoms with Crippen LogP contribution in [0, 0.1) is 0 Å². The quantitative estimate of drug-likeness (QED) is 0.691. The number of rotatable bonds is 9. The molecule has 0 amide bonds. The summed E-state index contributed by atoms with van der Waals surface area (Å²) in [6.07, 6.45) is 3.44. The summed E-state index contributed by atoms with van der Waals surface area (Å²) < 4.78 is 5.85. The third-order valence-electron chi connectivity index (χ3n) is 4.25. The first-order valence-electron chi connectivity index (χ1n) is 8.76. The van der Waals surface area contributed by atoms with Crippen LogP contribution in [0.1, 0.15) is 50.8 Å². The van der Waals surface area contributed by atoms with E-state index in [4.69, 9.17) is 4.74 Å². The Hall–Kier alpha value is -1.80. The molecule has 0 aromatic heterocycles. The van der Waals surface area contributed by atoms with Crippen LogP contribution in [0.25, 0.3) is 0 Å². The van der Waals surface area contributed by atoms with Crippen molar-refractivity contribution in [2.75, 3.05) is 6.54 Å². The summed E-state index contributed by atoms with van der Waals surface area (Å²) in [6.45, 7) is 7.47. The largest absolute Gasteiger partial charge is 0.491 e. The Labute approximate surface area is 140 Å². The summed E-state index contributed by atoms with van der Waals surface area (Å²) in [6, 6.07) is 19.6. The predicted molar refractivity (Wildman–Crippen MR) is 98.0 cm³/mol. The molecule has 0 heterocycles. The molecule has 0 aliphatic rings. The van der Waals surface area contributed by atoms with Gasteiger partial charge in [0, 0.05) is 6.04 Å².